The quantitative estimate of drug-likeness (QED) is 0.659. The van der Waals surface area contributed by atoms with Crippen LogP contribution in [0.15, 0.2) is 57.7 Å². The minimum atomic E-state index is -0.442. The van der Waals surface area contributed by atoms with E-state index in [1.807, 2.05) is 6.07 Å². The second-order valence-electron chi connectivity index (χ2n) is 6.40. The van der Waals surface area contributed by atoms with Gasteiger partial charge in [0, 0.05) is 30.7 Å². The fourth-order valence-corrected chi connectivity index (χ4v) is 3.07. The summed E-state index contributed by atoms with van der Waals surface area (Å²) in [5.41, 5.74) is 1.80. The zero-order valence-corrected chi connectivity index (χ0v) is 16.1. The van der Waals surface area contributed by atoms with Crippen LogP contribution in [-0.2, 0) is 16.1 Å². The predicted octanol–water partition coefficient (Wildman–Crippen LogP) is 3.13. The lowest BCUT2D eigenvalue weighted by Crippen LogP contribution is -2.35. The predicted molar refractivity (Wildman–Crippen MR) is 107 cm³/mol. The molecule has 0 saturated carbocycles. The van der Waals surface area contributed by atoms with E-state index in [0.717, 1.165) is 0 Å². The molecule has 3 rings (SSSR count). The standard InChI is InChI=1S/C20H20ClN3O4/c1-23(13-18(25)22-15-7-4-6-14(21)12-15)19(26)10-5-11-24-16-8-2-3-9-17(16)28-20(24)27/h2-4,6-9,12H,5,10-11,13H2,1H3,(H,22,25). The molecular weight excluding hydrogens is 382 g/mol. The number of para-hydroxylation sites is 2. The molecule has 0 aliphatic rings. The van der Waals surface area contributed by atoms with E-state index in [2.05, 4.69) is 5.32 Å². The molecule has 1 N–H and O–H groups in total. The van der Waals surface area contributed by atoms with Crippen LogP contribution in [0.4, 0.5) is 5.69 Å². The van der Waals surface area contributed by atoms with Crippen LogP contribution in [-0.4, -0.2) is 34.9 Å². The van der Waals surface area contributed by atoms with Crippen molar-refractivity contribution in [2.45, 2.75) is 19.4 Å². The van der Waals surface area contributed by atoms with Crippen LogP contribution in [0.1, 0.15) is 12.8 Å². The molecule has 7 nitrogen and oxygen atoms in total. The third-order valence-electron chi connectivity index (χ3n) is 4.26. The molecule has 0 atom stereocenters. The SMILES string of the molecule is CN(CC(=O)Nc1cccc(Cl)c1)C(=O)CCCn1c(=O)oc2ccccc21. The Morgan fingerprint density at radius 1 is 1.18 bits per heavy atom. The molecule has 0 unspecified atom stereocenters. The Hall–Kier alpha value is -3.06. The van der Waals surface area contributed by atoms with Crippen molar-refractivity contribution in [3.05, 3.63) is 64.1 Å². The molecular formula is C20H20ClN3O4. The van der Waals surface area contributed by atoms with Crippen molar-refractivity contribution < 1.29 is 14.0 Å². The van der Waals surface area contributed by atoms with Crippen LogP contribution >= 0.6 is 11.6 Å². The first-order valence-electron chi connectivity index (χ1n) is 8.82. The number of nitrogens with one attached hydrogen (secondary N) is 1. The van der Waals surface area contributed by atoms with E-state index in [1.54, 1.807) is 49.5 Å². The Labute approximate surface area is 166 Å². The van der Waals surface area contributed by atoms with Crippen LogP contribution in [0.3, 0.4) is 0 Å². The highest BCUT2D eigenvalue weighted by atomic mass is 35.5. The van der Waals surface area contributed by atoms with Gasteiger partial charge in [-0.05, 0) is 36.8 Å². The molecule has 0 bridgehead atoms. The molecule has 0 saturated heterocycles. The zero-order chi connectivity index (χ0) is 20.1. The summed E-state index contributed by atoms with van der Waals surface area (Å²) < 4.78 is 6.68. The topological polar surface area (TPSA) is 84.5 Å². The second-order valence-corrected chi connectivity index (χ2v) is 6.84. The van der Waals surface area contributed by atoms with Crippen LogP contribution in [0.5, 0.6) is 0 Å². The molecule has 3 aromatic rings. The Bertz CT molecular complexity index is 1060. The van der Waals surface area contributed by atoms with E-state index in [4.69, 9.17) is 16.0 Å². The number of carbonyl (C=O) groups is 2. The van der Waals surface area contributed by atoms with Crippen LogP contribution in [0.25, 0.3) is 11.1 Å². The Morgan fingerprint density at radius 3 is 2.75 bits per heavy atom. The number of aryl methyl sites for hydroxylation is 1. The minimum Gasteiger partial charge on any atom is -0.408 e. The summed E-state index contributed by atoms with van der Waals surface area (Å²) in [5, 5.41) is 3.22. The van der Waals surface area contributed by atoms with E-state index in [-0.39, 0.29) is 24.8 Å². The summed E-state index contributed by atoms with van der Waals surface area (Å²) >= 11 is 5.88. The molecule has 2 aromatic carbocycles. The number of carbonyl (C=O) groups excluding carboxylic acids is 2. The van der Waals surface area contributed by atoms with Gasteiger partial charge in [-0.1, -0.05) is 29.8 Å². The van der Waals surface area contributed by atoms with Crippen molar-refractivity contribution in [2.24, 2.45) is 0 Å². The minimum absolute atomic E-state index is 0.0695. The van der Waals surface area contributed by atoms with Crippen LogP contribution in [0.2, 0.25) is 5.02 Å². The van der Waals surface area contributed by atoms with Crippen molar-refractivity contribution in [3.8, 4) is 0 Å². The maximum atomic E-state index is 12.3. The maximum absolute atomic E-state index is 12.3. The van der Waals surface area contributed by atoms with Crippen molar-refractivity contribution in [2.75, 3.05) is 18.9 Å². The number of hydrogen-bond acceptors (Lipinski definition) is 4. The van der Waals surface area contributed by atoms with E-state index in [0.29, 0.717) is 34.8 Å². The number of oxazole rings is 1. The lowest BCUT2D eigenvalue weighted by atomic mass is 10.2. The molecule has 0 spiro atoms. The number of aromatic nitrogens is 1. The molecule has 0 aliphatic carbocycles. The molecule has 28 heavy (non-hydrogen) atoms. The number of fused-ring (bicyclic) bond motifs is 1. The molecule has 0 radical (unpaired) electrons. The van der Waals surface area contributed by atoms with Crippen molar-refractivity contribution >= 4 is 40.2 Å². The number of likely N-dealkylation sites (N-methyl/N-ethyl adjacent to an activating group) is 1. The Morgan fingerprint density at radius 2 is 1.96 bits per heavy atom. The van der Waals surface area contributed by atoms with Gasteiger partial charge in [0.25, 0.3) is 0 Å². The summed E-state index contributed by atoms with van der Waals surface area (Å²) in [6, 6.07) is 13.9. The van der Waals surface area contributed by atoms with Gasteiger partial charge in [-0.25, -0.2) is 4.79 Å². The van der Waals surface area contributed by atoms with Crippen molar-refractivity contribution in [3.63, 3.8) is 0 Å². The third kappa shape index (κ3) is 4.80. The number of benzene rings is 2. The molecule has 2 amide bonds. The van der Waals surface area contributed by atoms with E-state index < -0.39 is 5.76 Å². The second kappa shape index (κ2) is 8.75. The van der Waals surface area contributed by atoms with E-state index in [9.17, 15) is 14.4 Å². The van der Waals surface area contributed by atoms with E-state index >= 15 is 0 Å². The number of nitrogens with zero attached hydrogens (tertiary/aromatic N) is 2. The van der Waals surface area contributed by atoms with Gasteiger partial charge in [0.1, 0.15) is 0 Å². The lowest BCUT2D eigenvalue weighted by Gasteiger charge is -2.17. The van der Waals surface area contributed by atoms with Gasteiger partial charge in [0.05, 0.1) is 12.1 Å². The normalized spacial score (nSPS) is 10.8. The largest absolute Gasteiger partial charge is 0.419 e. The number of amides is 2. The van der Waals surface area contributed by atoms with Crippen LogP contribution < -0.4 is 11.1 Å². The average Bonchev–Trinajstić information content (AvgIpc) is 2.97. The molecule has 8 heteroatoms. The van der Waals surface area contributed by atoms with Gasteiger partial charge in [-0.15, -0.1) is 0 Å². The maximum Gasteiger partial charge on any atom is 0.419 e. The summed E-state index contributed by atoms with van der Waals surface area (Å²) in [5.74, 6) is -0.930. The fraction of sp³-hybridized carbons (Fsp3) is 0.250. The highest BCUT2D eigenvalue weighted by Gasteiger charge is 2.14. The van der Waals surface area contributed by atoms with Gasteiger partial charge in [-0.3, -0.25) is 14.2 Å². The van der Waals surface area contributed by atoms with E-state index in [1.165, 1.54) is 9.47 Å². The molecule has 0 fully saturated rings. The summed E-state index contributed by atoms with van der Waals surface area (Å²) in [4.78, 5) is 37.6. The zero-order valence-electron chi connectivity index (χ0n) is 15.4. The molecule has 1 aromatic heterocycles. The number of rotatable bonds is 7. The van der Waals surface area contributed by atoms with Crippen molar-refractivity contribution in [1.29, 1.82) is 0 Å². The summed E-state index contributed by atoms with van der Waals surface area (Å²) in [6.45, 7) is 0.296. The summed E-state index contributed by atoms with van der Waals surface area (Å²) in [6.07, 6.45) is 0.676. The highest BCUT2D eigenvalue weighted by molar-refractivity contribution is 6.30. The number of halogens is 1. The average molecular weight is 402 g/mol. The Balaban J connectivity index is 1.49. The first-order valence-corrected chi connectivity index (χ1v) is 9.19. The van der Waals surface area contributed by atoms with Crippen LogP contribution in [0, 0.1) is 0 Å². The Kier molecular flexibility index (Phi) is 6.16. The van der Waals surface area contributed by atoms with Gasteiger partial charge >= 0.3 is 5.76 Å². The fourth-order valence-electron chi connectivity index (χ4n) is 2.88. The summed E-state index contributed by atoms with van der Waals surface area (Å²) in [7, 11) is 1.57. The first-order chi connectivity index (χ1) is 13.4. The first kappa shape index (κ1) is 19.7. The smallest absolute Gasteiger partial charge is 0.408 e. The third-order valence-corrected chi connectivity index (χ3v) is 4.50. The lowest BCUT2D eigenvalue weighted by molar-refractivity contribution is -0.133. The van der Waals surface area contributed by atoms with Crippen molar-refractivity contribution in [1.82, 2.24) is 9.47 Å². The molecule has 0 aliphatic heterocycles. The number of anilines is 1. The number of hydrogen-bond donors (Lipinski definition) is 1. The monoisotopic (exact) mass is 401 g/mol. The van der Waals surface area contributed by atoms with Gasteiger partial charge in [0.15, 0.2) is 5.58 Å². The van der Waals surface area contributed by atoms with Gasteiger partial charge in [0.2, 0.25) is 11.8 Å². The highest BCUT2D eigenvalue weighted by Crippen LogP contribution is 2.15. The molecule has 1 heterocycles. The van der Waals surface area contributed by atoms with Gasteiger partial charge < -0.3 is 14.6 Å². The molecule has 146 valence electrons. The van der Waals surface area contributed by atoms with Gasteiger partial charge in [-0.2, -0.15) is 0 Å².